The van der Waals surface area contributed by atoms with E-state index in [0.717, 1.165) is 18.4 Å². The predicted molar refractivity (Wildman–Crippen MR) is 77.5 cm³/mol. The van der Waals surface area contributed by atoms with Gasteiger partial charge in [0, 0.05) is 18.5 Å². The Bertz CT molecular complexity index is 439. The summed E-state index contributed by atoms with van der Waals surface area (Å²) in [4.78, 5) is 0. The van der Waals surface area contributed by atoms with Crippen LogP contribution in [0.4, 0.5) is 5.82 Å². The fourth-order valence-corrected chi connectivity index (χ4v) is 4.47. The van der Waals surface area contributed by atoms with E-state index in [1.807, 2.05) is 0 Å². The smallest absolute Gasteiger partial charge is 0.124 e. The Morgan fingerprint density at radius 2 is 1.74 bits per heavy atom. The van der Waals surface area contributed by atoms with Gasteiger partial charge < -0.3 is 5.32 Å². The van der Waals surface area contributed by atoms with Crippen LogP contribution in [-0.2, 0) is 0 Å². The van der Waals surface area contributed by atoms with Gasteiger partial charge in [-0.05, 0) is 38.0 Å². The molecule has 2 aliphatic carbocycles. The standard InChI is InChI=1S/C16H25N3/c1-2-6-12(5-1)14-11-16-17-10-9-15(19(16)18-14)13-7-3-4-8-13/h11-13,15,17H,1-10H2. The first-order chi connectivity index (χ1) is 9.42. The van der Waals surface area contributed by atoms with E-state index in [4.69, 9.17) is 5.10 Å². The molecule has 2 fully saturated rings. The minimum atomic E-state index is 0.675. The largest absolute Gasteiger partial charge is 0.370 e. The van der Waals surface area contributed by atoms with E-state index in [2.05, 4.69) is 16.1 Å². The van der Waals surface area contributed by atoms with Crippen molar-refractivity contribution < 1.29 is 0 Å². The summed E-state index contributed by atoms with van der Waals surface area (Å²) in [5.74, 6) is 2.92. The molecule has 0 radical (unpaired) electrons. The van der Waals surface area contributed by atoms with E-state index in [9.17, 15) is 0 Å². The molecule has 3 aliphatic rings. The molecule has 0 aromatic carbocycles. The summed E-state index contributed by atoms with van der Waals surface area (Å²) < 4.78 is 2.35. The highest BCUT2D eigenvalue weighted by molar-refractivity contribution is 5.40. The van der Waals surface area contributed by atoms with Crippen molar-refractivity contribution in [2.75, 3.05) is 11.9 Å². The van der Waals surface area contributed by atoms with Gasteiger partial charge >= 0.3 is 0 Å². The average Bonchev–Trinajstić information content (AvgIpc) is 3.18. The van der Waals surface area contributed by atoms with E-state index < -0.39 is 0 Å². The van der Waals surface area contributed by atoms with Crippen LogP contribution in [0.1, 0.15) is 75.4 Å². The van der Waals surface area contributed by atoms with Crippen LogP contribution >= 0.6 is 0 Å². The molecule has 104 valence electrons. The zero-order valence-electron chi connectivity index (χ0n) is 11.8. The van der Waals surface area contributed by atoms with E-state index in [-0.39, 0.29) is 0 Å². The Balaban J connectivity index is 1.62. The number of rotatable bonds is 2. The van der Waals surface area contributed by atoms with Gasteiger partial charge in [0.2, 0.25) is 0 Å². The Kier molecular flexibility index (Phi) is 3.01. The van der Waals surface area contributed by atoms with E-state index in [0.29, 0.717) is 6.04 Å². The first-order valence-electron chi connectivity index (χ1n) is 8.25. The Morgan fingerprint density at radius 3 is 2.53 bits per heavy atom. The lowest BCUT2D eigenvalue weighted by Gasteiger charge is -2.30. The van der Waals surface area contributed by atoms with Crippen molar-refractivity contribution in [3.8, 4) is 0 Å². The normalized spacial score (nSPS) is 28.5. The Labute approximate surface area is 115 Å². The molecule has 0 spiro atoms. The molecule has 0 bridgehead atoms. The number of hydrogen-bond acceptors (Lipinski definition) is 2. The number of nitrogens with zero attached hydrogens (tertiary/aromatic N) is 2. The van der Waals surface area contributed by atoms with Gasteiger partial charge in [-0.3, -0.25) is 0 Å². The van der Waals surface area contributed by atoms with Gasteiger partial charge in [0.1, 0.15) is 5.82 Å². The minimum Gasteiger partial charge on any atom is -0.370 e. The topological polar surface area (TPSA) is 29.9 Å². The summed E-state index contributed by atoms with van der Waals surface area (Å²) in [7, 11) is 0. The van der Waals surface area contributed by atoms with Gasteiger partial charge in [-0.1, -0.05) is 25.7 Å². The lowest BCUT2D eigenvalue weighted by molar-refractivity contribution is 0.288. The lowest BCUT2D eigenvalue weighted by Crippen LogP contribution is -2.28. The third kappa shape index (κ3) is 2.07. The third-order valence-corrected chi connectivity index (χ3v) is 5.53. The third-order valence-electron chi connectivity index (χ3n) is 5.53. The van der Waals surface area contributed by atoms with Crippen molar-refractivity contribution in [1.29, 1.82) is 0 Å². The van der Waals surface area contributed by atoms with Gasteiger partial charge in [-0.15, -0.1) is 0 Å². The first-order valence-corrected chi connectivity index (χ1v) is 8.25. The SMILES string of the molecule is c1c(C2CCCC2)nn2c1NCCC2C1CCCC1. The van der Waals surface area contributed by atoms with Crippen LogP contribution in [-0.4, -0.2) is 16.3 Å². The van der Waals surface area contributed by atoms with Crippen LogP contribution in [0.15, 0.2) is 6.07 Å². The maximum Gasteiger partial charge on any atom is 0.124 e. The molecule has 1 N–H and O–H groups in total. The molecule has 2 saturated carbocycles. The Hall–Kier alpha value is -0.990. The van der Waals surface area contributed by atoms with E-state index in [1.54, 1.807) is 0 Å². The summed E-state index contributed by atoms with van der Waals surface area (Å²) in [5, 5.41) is 8.57. The molecule has 0 saturated heterocycles. The molecule has 1 aromatic rings. The Morgan fingerprint density at radius 1 is 1.00 bits per heavy atom. The first kappa shape index (κ1) is 11.8. The molecule has 1 aliphatic heterocycles. The predicted octanol–water partition coefficient (Wildman–Crippen LogP) is 4.09. The van der Waals surface area contributed by atoms with Gasteiger partial charge in [0.15, 0.2) is 0 Å². The van der Waals surface area contributed by atoms with Crippen molar-refractivity contribution in [2.24, 2.45) is 5.92 Å². The highest BCUT2D eigenvalue weighted by Crippen LogP contribution is 2.41. The molecule has 4 rings (SSSR count). The van der Waals surface area contributed by atoms with Crippen LogP contribution in [0.25, 0.3) is 0 Å². The number of hydrogen-bond donors (Lipinski definition) is 1. The quantitative estimate of drug-likeness (QED) is 0.867. The van der Waals surface area contributed by atoms with E-state index in [1.165, 1.54) is 69.3 Å². The maximum atomic E-state index is 5.01. The second-order valence-corrected chi connectivity index (χ2v) is 6.71. The summed E-state index contributed by atoms with van der Waals surface area (Å²) in [6.07, 6.45) is 12.5. The monoisotopic (exact) mass is 259 g/mol. The second-order valence-electron chi connectivity index (χ2n) is 6.71. The van der Waals surface area contributed by atoms with Crippen molar-refractivity contribution in [1.82, 2.24) is 9.78 Å². The zero-order valence-corrected chi connectivity index (χ0v) is 11.8. The summed E-state index contributed by atoms with van der Waals surface area (Å²) >= 11 is 0. The van der Waals surface area contributed by atoms with Gasteiger partial charge in [-0.25, -0.2) is 4.68 Å². The van der Waals surface area contributed by atoms with Crippen molar-refractivity contribution >= 4 is 5.82 Å². The number of aromatic nitrogens is 2. The molecule has 0 amide bonds. The van der Waals surface area contributed by atoms with E-state index >= 15 is 0 Å². The molecule has 1 aromatic heterocycles. The van der Waals surface area contributed by atoms with Crippen LogP contribution in [0.3, 0.4) is 0 Å². The van der Waals surface area contributed by atoms with Crippen LogP contribution in [0.2, 0.25) is 0 Å². The zero-order chi connectivity index (χ0) is 12.7. The second kappa shape index (κ2) is 4.84. The van der Waals surface area contributed by atoms with Gasteiger partial charge in [-0.2, -0.15) is 5.10 Å². The highest BCUT2D eigenvalue weighted by atomic mass is 15.4. The summed E-state index contributed by atoms with van der Waals surface area (Å²) in [6, 6.07) is 3.02. The van der Waals surface area contributed by atoms with Crippen molar-refractivity contribution in [3.63, 3.8) is 0 Å². The maximum absolute atomic E-state index is 5.01. The molecular formula is C16H25N3. The molecule has 3 nitrogen and oxygen atoms in total. The van der Waals surface area contributed by atoms with Gasteiger partial charge in [0.05, 0.1) is 11.7 Å². The van der Waals surface area contributed by atoms with Crippen LogP contribution < -0.4 is 5.32 Å². The summed E-state index contributed by atoms with van der Waals surface area (Å²) in [6.45, 7) is 1.14. The van der Waals surface area contributed by atoms with Crippen LogP contribution in [0, 0.1) is 5.92 Å². The van der Waals surface area contributed by atoms with Crippen LogP contribution in [0.5, 0.6) is 0 Å². The lowest BCUT2D eigenvalue weighted by atomic mass is 9.94. The molecular weight excluding hydrogens is 234 g/mol. The number of fused-ring (bicyclic) bond motifs is 1. The van der Waals surface area contributed by atoms with Crippen molar-refractivity contribution in [2.45, 2.75) is 69.7 Å². The summed E-state index contributed by atoms with van der Waals surface area (Å²) in [5.41, 5.74) is 1.37. The minimum absolute atomic E-state index is 0.675. The fraction of sp³-hybridized carbons (Fsp3) is 0.812. The highest BCUT2D eigenvalue weighted by Gasteiger charge is 2.32. The average molecular weight is 259 g/mol. The molecule has 3 heteroatoms. The fourth-order valence-electron chi connectivity index (χ4n) is 4.47. The van der Waals surface area contributed by atoms with Gasteiger partial charge in [0.25, 0.3) is 0 Å². The molecule has 2 heterocycles. The number of nitrogens with one attached hydrogen (secondary N) is 1. The van der Waals surface area contributed by atoms with Crippen molar-refractivity contribution in [3.05, 3.63) is 11.8 Å². The molecule has 1 atom stereocenters. The number of anilines is 1. The molecule has 1 unspecified atom stereocenters. The molecule has 19 heavy (non-hydrogen) atoms.